The van der Waals surface area contributed by atoms with E-state index in [0.29, 0.717) is 6.42 Å². The summed E-state index contributed by atoms with van der Waals surface area (Å²) in [5.41, 5.74) is 12.1. The monoisotopic (exact) mass is 222 g/mol. The van der Waals surface area contributed by atoms with Gasteiger partial charge < -0.3 is 16.2 Å². The first-order valence-corrected chi connectivity index (χ1v) is 5.31. The molecule has 0 spiro atoms. The highest BCUT2D eigenvalue weighted by Gasteiger charge is 2.06. The van der Waals surface area contributed by atoms with Crippen LogP contribution in [0.5, 0.6) is 5.75 Å². The number of methoxy groups -OCH3 is 1. The Labute approximate surface area is 95.6 Å². The Balaban J connectivity index is 2.45. The second kappa shape index (κ2) is 6.12. The number of carbonyl (C=O) groups excluding carboxylic acids is 1. The molecule has 0 aliphatic rings. The van der Waals surface area contributed by atoms with Crippen LogP contribution in [-0.4, -0.2) is 13.0 Å². The molecule has 4 nitrogen and oxygen atoms in total. The van der Waals surface area contributed by atoms with Crippen molar-refractivity contribution in [2.45, 2.75) is 25.3 Å². The highest BCUT2D eigenvalue weighted by molar-refractivity contribution is 5.73. The smallest absolute Gasteiger partial charge is 0.217 e. The first-order valence-electron chi connectivity index (χ1n) is 5.31. The molecule has 0 aliphatic heterocycles. The van der Waals surface area contributed by atoms with E-state index in [1.807, 2.05) is 24.3 Å². The minimum absolute atomic E-state index is 0.0507. The van der Waals surface area contributed by atoms with E-state index in [4.69, 9.17) is 16.2 Å². The maximum Gasteiger partial charge on any atom is 0.217 e. The van der Waals surface area contributed by atoms with Gasteiger partial charge in [0.25, 0.3) is 0 Å². The van der Waals surface area contributed by atoms with Gasteiger partial charge in [0.1, 0.15) is 5.75 Å². The summed E-state index contributed by atoms with van der Waals surface area (Å²) in [6.07, 6.45) is 1.88. The van der Waals surface area contributed by atoms with Crippen LogP contribution in [0.1, 0.15) is 30.9 Å². The molecule has 1 aromatic rings. The van der Waals surface area contributed by atoms with Gasteiger partial charge in [0, 0.05) is 12.5 Å². The van der Waals surface area contributed by atoms with E-state index < -0.39 is 0 Å². The summed E-state index contributed by atoms with van der Waals surface area (Å²) in [6, 6.07) is 7.58. The third-order valence-electron chi connectivity index (χ3n) is 2.48. The fourth-order valence-electron chi connectivity index (χ4n) is 1.51. The number of hydrogen-bond donors (Lipinski definition) is 2. The van der Waals surface area contributed by atoms with Crippen LogP contribution in [0.3, 0.4) is 0 Å². The summed E-state index contributed by atoms with van der Waals surface area (Å²) in [5.74, 6) is 0.537. The molecule has 1 aromatic carbocycles. The zero-order chi connectivity index (χ0) is 12.0. The zero-order valence-electron chi connectivity index (χ0n) is 9.48. The van der Waals surface area contributed by atoms with Crippen LogP contribution in [0.2, 0.25) is 0 Å². The lowest BCUT2D eigenvalue weighted by Gasteiger charge is -2.11. The molecule has 16 heavy (non-hydrogen) atoms. The minimum atomic E-state index is -0.276. The van der Waals surface area contributed by atoms with E-state index in [9.17, 15) is 4.79 Å². The molecule has 0 saturated carbocycles. The van der Waals surface area contributed by atoms with Gasteiger partial charge in [-0.15, -0.1) is 0 Å². The van der Waals surface area contributed by atoms with Gasteiger partial charge >= 0.3 is 0 Å². The molecule has 0 aromatic heterocycles. The minimum Gasteiger partial charge on any atom is -0.497 e. The number of carbonyl (C=O) groups is 1. The molecular formula is C12H18N2O2. The SMILES string of the molecule is COc1ccc(C(N)CCCC(N)=O)cc1. The molecule has 4 heteroatoms. The molecule has 0 radical (unpaired) electrons. The molecule has 4 N–H and O–H groups in total. The summed E-state index contributed by atoms with van der Waals surface area (Å²) >= 11 is 0. The van der Waals surface area contributed by atoms with E-state index in [1.54, 1.807) is 7.11 Å². The van der Waals surface area contributed by atoms with E-state index in [1.165, 1.54) is 0 Å². The van der Waals surface area contributed by atoms with Crippen molar-refractivity contribution < 1.29 is 9.53 Å². The van der Waals surface area contributed by atoms with Gasteiger partial charge in [0.2, 0.25) is 5.91 Å². The highest BCUT2D eigenvalue weighted by atomic mass is 16.5. The van der Waals surface area contributed by atoms with Gasteiger partial charge in [-0.05, 0) is 30.5 Å². The second-order valence-electron chi connectivity index (χ2n) is 3.74. The number of nitrogens with two attached hydrogens (primary N) is 2. The molecule has 88 valence electrons. The van der Waals surface area contributed by atoms with Gasteiger partial charge in [0.05, 0.1) is 7.11 Å². The largest absolute Gasteiger partial charge is 0.497 e. The lowest BCUT2D eigenvalue weighted by molar-refractivity contribution is -0.118. The van der Waals surface area contributed by atoms with Crippen molar-refractivity contribution in [2.75, 3.05) is 7.11 Å². The Morgan fingerprint density at radius 1 is 1.38 bits per heavy atom. The maximum atomic E-state index is 10.6. The van der Waals surface area contributed by atoms with Gasteiger partial charge in [-0.2, -0.15) is 0 Å². The molecular weight excluding hydrogens is 204 g/mol. The summed E-state index contributed by atoms with van der Waals surface area (Å²) in [5, 5.41) is 0. The molecule has 0 fully saturated rings. The van der Waals surface area contributed by atoms with Crippen LogP contribution in [0.4, 0.5) is 0 Å². The lowest BCUT2D eigenvalue weighted by atomic mass is 10.0. The molecule has 1 rings (SSSR count). The quantitative estimate of drug-likeness (QED) is 0.762. The van der Waals surface area contributed by atoms with E-state index in [0.717, 1.165) is 24.2 Å². The van der Waals surface area contributed by atoms with Gasteiger partial charge in [0.15, 0.2) is 0 Å². The average Bonchev–Trinajstić information content (AvgIpc) is 2.28. The van der Waals surface area contributed by atoms with Crippen molar-refractivity contribution in [3.63, 3.8) is 0 Å². The molecule has 1 atom stereocenters. The van der Waals surface area contributed by atoms with E-state index in [-0.39, 0.29) is 11.9 Å². The number of rotatable bonds is 6. The van der Waals surface area contributed by atoms with Gasteiger partial charge in [-0.1, -0.05) is 12.1 Å². The maximum absolute atomic E-state index is 10.6. The predicted octanol–water partition coefficient (Wildman–Crippen LogP) is 1.35. The van der Waals surface area contributed by atoms with Crippen molar-refractivity contribution in [2.24, 2.45) is 11.5 Å². The highest BCUT2D eigenvalue weighted by Crippen LogP contribution is 2.19. The fourth-order valence-corrected chi connectivity index (χ4v) is 1.51. The number of amides is 1. The van der Waals surface area contributed by atoms with Crippen LogP contribution in [0, 0.1) is 0 Å². The molecule has 0 aliphatic carbocycles. The standard InChI is InChI=1S/C12H18N2O2/c1-16-10-7-5-9(6-8-10)11(13)3-2-4-12(14)15/h5-8,11H,2-4,13H2,1H3,(H2,14,15). The van der Waals surface area contributed by atoms with Crippen LogP contribution in [-0.2, 0) is 4.79 Å². The predicted molar refractivity (Wildman–Crippen MR) is 63.0 cm³/mol. The lowest BCUT2D eigenvalue weighted by Crippen LogP contribution is -2.13. The van der Waals surface area contributed by atoms with Crippen LogP contribution >= 0.6 is 0 Å². The zero-order valence-corrected chi connectivity index (χ0v) is 9.48. The van der Waals surface area contributed by atoms with Crippen molar-refractivity contribution in [3.05, 3.63) is 29.8 Å². The van der Waals surface area contributed by atoms with Crippen molar-refractivity contribution in [1.82, 2.24) is 0 Å². The molecule has 0 bridgehead atoms. The summed E-state index contributed by atoms with van der Waals surface area (Å²) in [4.78, 5) is 10.6. The Bertz CT molecular complexity index is 335. The summed E-state index contributed by atoms with van der Waals surface area (Å²) < 4.78 is 5.06. The van der Waals surface area contributed by atoms with Crippen LogP contribution in [0.25, 0.3) is 0 Å². The van der Waals surface area contributed by atoms with Gasteiger partial charge in [-0.25, -0.2) is 0 Å². The number of primary amides is 1. The Morgan fingerprint density at radius 2 is 2.00 bits per heavy atom. The molecule has 0 saturated heterocycles. The normalized spacial score (nSPS) is 12.1. The Morgan fingerprint density at radius 3 is 2.50 bits per heavy atom. The van der Waals surface area contributed by atoms with Crippen LogP contribution in [0.15, 0.2) is 24.3 Å². The Hall–Kier alpha value is -1.55. The van der Waals surface area contributed by atoms with Crippen molar-refractivity contribution in [1.29, 1.82) is 0 Å². The number of benzene rings is 1. The third kappa shape index (κ3) is 3.90. The fraction of sp³-hybridized carbons (Fsp3) is 0.417. The molecule has 0 heterocycles. The van der Waals surface area contributed by atoms with E-state index in [2.05, 4.69) is 0 Å². The Kier molecular flexibility index (Phi) is 4.79. The van der Waals surface area contributed by atoms with Crippen molar-refractivity contribution in [3.8, 4) is 5.75 Å². The average molecular weight is 222 g/mol. The van der Waals surface area contributed by atoms with Crippen molar-refractivity contribution >= 4 is 5.91 Å². The number of hydrogen-bond acceptors (Lipinski definition) is 3. The second-order valence-corrected chi connectivity index (χ2v) is 3.74. The third-order valence-corrected chi connectivity index (χ3v) is 2.48. The summed E-state index contributed by atoms with van der Waals surface area (Å²) in [6.45, 7) is 0. The molecule has 1 amide bonds. The van der Waals surface area contributed by atoms with Crippen LogP contribution < -0.4 is 16.2 Å². The summed E-state index contributed by atoms with van der Waals surface area (Å²) in [7, 11) is 1.63. The molecule has 1 unspecified atom stereocenters. The first kappa shape index (κ1) is 12.5. The van der Waals surface area contributed by atoms with E-state index >= 15 is 0 Å². The topological polar surface area (TPSA) is 78.3 Å². The first-order chi connectivity index (χ1) is 7.63. The number of ether oxygens (including phenoxy) is 1. The van der Waals surface area contributed by atoms with Gasteiger partial charge in [-0.3, -0.25) is 4.79 Å².